The summed E-state index contributed by atoms with van der Waals surface area (Å²) in [5.74, 6) is -1.35. The number of esters is 2. The second kappa shape index (κ2) is 8.63. The van der Waals surface area contributed by atoms with E-state index < -0.39 is 17.8 Å². The van der Waals surface area contributed by atoms with Crippen LogP contribution in [0.3, 0.4) is 0 Å². The van der Waals surface area contributed by atoms with Crippen molar-refractivity contribution < 1.29 is 23.9 Å². The fourth-order valence-electron chi connectivity index (χ4n) is 2.14. The Kier molecular flexibility index (Phi) is 6.28. The van der Waals surface area contributed by atoms with Crippen molar-refractivity contribution in [2.45, 2.75) is 13.5 Å². The molecule has 2 aromatic carbocycles. The minimum atomic E-state index is -0.532. The van der Waals surface area contributed by atoms with Crippen molar-refractivity contribution >= 4 is 17.8 Å². The Morgan fingerprint density at radius 1 is 0.960 bits per heavy atom. The Labute approximate surface area is 145 Å². The molecule has 2 rings (SSSR count). The second-order valence-corrected chi connectivity index (χ2v) is 5.36. The Balaban J connectivity index is 1.80. The van der Waals surface area contributed by atoms with Crippen LogP contribution in [0.2, 0.25) is 0 Å². The van der Waals surface area contributed by atoms with Crippen molar-refractivity contribution in [2.24, 2.45) is 0 Å². The molecule has 1 amide bonds. The van der Waals surface area contributed by atoms with Crippen LogP contribution in [-0.4, -0.2) is 31.6 Å². The highest BCUT2D eigenvalue weighted by atomic mass is 16.5. The Morgan fingerprint density at radius 3 is 2.28 bits per heavy atom. The molecular weight excluding hydrogens is 322 g/mol. The van der Waals surface area contributed by atoms with Gasteiger partial charge in [0.25, 0.3) is 5.91 Å². The van der Waals surface area contributed by atoms with E-state index in [0.717, 1.165) is 11.1 Å². The number of hydrogen-bond acceptors (Lipinski definition) is 5. The topological polar surface area (TPSA) is 81.7 Å². The molecule has 0 heterocycles. The first-order valence-corrected chi connectivity index (χ1v) is 7.68. The van der Waals surface area contributed by atoms with Crippen LogP contribution in [0.25, 0.3) is 0 Å². The normalized spacial score (nSPS) is 10.0. The smallest absolute Gasteiger partial charge is 0.338 e. The number of ether oxygens (including phenoxy) is 2. The third kappa shape index (κ3) is 5.17. The van der Waals surface area contributed by atoms with Crippen LogP contribution in [0.5, 0.6) is 0 Å². The first-order chi connectivity index (χ1) is 12.0. The van der Waals surface area contributed by atoms with Gasteiger partial charge >= 0.3 is 11.9 Å². The fourth-order valence-corrected chi connectivity index (χ4v) is 2.14. The molecule has 6 nitrogen and oxygen atoms in total. The fraction of sp³-hybridized carbons (Fsp3) is 0.211. The number of hydrogen-bond donors (Lipinski definition) is 1. The second-order valence-electron chi connectivity index (χ2n) is 5.36. The molecule has 0 bridgehead atoms. The molecule has 0 aromatic heterocycles. The lowest BCUT2D eigenvalue weighted by Gasteiger charge is -2.08. The van der Waals surface area contributed by atoms with Gasteiger partial charge in [-0.25, -0.2) is 9.59 Å². The summed E-state index contributed by atoms with van der Waals surface area (Å²) < 4.78 is 9.63. The molecule has 0 fully saturated rings. The molecule has 25 heavy (non-hydrogen) atoms. The zero-order chi connectivity index (χ0) is 18.2. The predicted octanol–water partition coefficient (Wildman–Crippen LogP) is 2.25. The number of rotatable bonds is 6. The van der Waals surface area contributed by atoms with Crippen LogP contribution in [-0.2, 0) is 20.8 Å². The van der Waals surface area contributed by atoms with E-state index in [9.17, 15) is 14.4 Å². The highest BCUT2D eigenvalue weighted by Crippen LogP contribution is 2.08. The van der Waals surface area contributed by atoms with Gasteiger partial charge in [0.1, 0.15) is 0 Å². The quantitative estimate of drug-likeness (QED) is 0.815. The molecule has 0 aliphatic rings. The summed E-state index contributed by atoms with van der Waals surface area (Å²) in [5.41, 5.74) is 2.48. The summed E-state index contributed by atoms with van der Waals surface area (Å²) >= 11 is 0. The maximum atomic E-state index is 11.9. The highest BCUT2D eigenvalue weighted by Gasteiger charge is 2.12. The molecule has 1 N–H and O–H groups in total. The molecule has 0 spiro atoms. The van der Waals surface area contributed by atoms with Gasteiger partial charge in [0.2, 0.25) is 0 Å². The van der Waals surface area contributed by atoms with Crippen molar-refractivity contribution in [3.63, 3.8) is 0 Å². The average Bonchev–Trinajstić information content (AvgIpc) is 2.64. The maximum Gasteiger partial charge on any atom is 0.338 e. The zero-order valence-corrected chi connectivity index (χ0v) is 14.1. The Bertz CT molecular complexity index is 768. The van der Waals surface area contributed by atoms with E-state index in [1.165, 1.54) is 7.11 Å². The molecule has 0 aliphatic heterocycles. The molecule has 6 heteroatoms. The number of benzene rings is 2. The van der Waals surface area contributed by atoms with Gasteiger partial charge in [-0.15, -0.1) is 0 Å². The average molecular weight is 341 g/mol. The van der Waals surface area contributed by atoms with E-state index in [1.807, 2.05) is 6.07 Å². The van der Waals surface area contributed by atoms with Crippen molar-refractivity contribution in [2.75, 3.05) is 13.7 Å². The molecule has 0 unspecified atom stereocenters. The Hall–Kier alpha value is -3.15. The maximum absolute atomic E-state index is 11.9. The van der Waals surface area contributed by atoms with Gasteiger partial charge in [-0.3, -0.25) is 4.79 Å². The van der Waals surface area contributed by atoms with Crippen LogP contribution >= 0.6 is 0 Å². The predicted molar refractivity (Wildman–Crippen MR) is 91.1 cm³/mol. The van der Waals surface area contributed by atoms with E-state index >= 15 is 0 Å². The number of amides is 1. The summed E-state index contributed by atoms with van der Waals surface area (Å²) in [6.45, 7) is 1.71. The molecule has 130 valence electrons. The van der Waals surface area contributed by atoms with Crippen LogP contribution in [0.1, 0.15) is 31.8 Å². The minimum absolute atomic E-state index is 0.266. The van der Waals surface area contributed by atoms with Crippen molar-refractivity contribution in [1.29, 1.82) is 0 Å². The SMILES string of the molecule is COC(=O)c1ccc(CNC(=O)COC(=O)c2ccccc2C)cc1. The number of methoxy groups -OCH3 is 1. The van der Waals surface area contributed by atoms with Gasteiger partial charge in [0.15, 0.2) is 6.61 Å². The van der Waals surface area contributed by atoms with Gasteiger partial charge in [0, 0.05) is 6.54 Å². The molecule has 0 saturated carbocycles. The monoisotopic (exact) mass is 341 g/mol. The summed E-state index contributed by atoms with van der Waals surface area (Å²) in [7, 11) is 1.31. The zero-order valence-electron chi connectivity index (χ0n) is 14.1. The summed E-state index contributed by atoms with van der Waals surface area (Å²) in [5, 5.41) is 2.65. The first kappa shape index (κ1) is 18.2. The van der Waals surface area contributed by atoms with Crippen molar-refractivity contribution in [3.8, 4) is 0 Å². The number of carbonyl (C=O) groups excluding carboxylic acids is 3. The largest absolute Gasteiger partial charge is 0.465 e. The van der Waals surface area contributed by atoms with E-state index in [2.05, 4.69) is 10.1 Å². The van der Waals surface area contributed by atoms with Crippen LogP contribution in [0.15, 0.2) is 48.5 Å². The van der Waals surface area contributed by atoms with Gasteiger partial charge in [0.05, 0.1) is 18.2 Å². The molecule has 2 aromatic rings. The third-order valence-corrected chi connectivity index (χ3v) is 3.56. The third-order valence-electron chi connectivity index (χ3n) is 3.56. The molecular formula is C19H19NO5. The molecule has 0 saturated heterocycles. The lowest BCUT2D eigenvalue weighted by atomic mass is 10.1. The number of carbonyl (C=O) groups is 3. The van der Waals surface area contributed by atoms with E-state index in [-0.39, 0.29) is 13.2 Å². The van der Waals surface area contributed by atoms with Crippen molar-refractivity contribution in [3.05, 3.63) is 70.8 Å². The minimum Gasteiger partial charge on any atom is -0.465 e. The summed E-state index contributed by atoms with van der Waals surface area (Å²) in [4.78, 5) is 35.1. The standard InChI is InChI=1S/C19H19NO5/c1-13-5-3-4-6-16(13)19(23)25-12-17(21)20-11-14-7-9-15(10-8-14)18(22)24-2/h3-10H,11-12H2,1-2H3,(H,20,21). The van der Waals surface area contributed by atoms with Gasteiger partial charge in [-0.1, -0.05) is 30.3 Å². The van der Waals surface area contributed by atoms with Crippen LogP contribution in [0.4, 0.5) is 0 Å². The molecule has 0 radical (unpaired) electrons. The summed E-state index contributed by atoms with van der Waals surface area (Å²) in [6.07, 6.45) is 0. The Morgan fingerprint density at radius 2 is 1.64 bits per heavy atom. The first-order valence-electron chi connectivity index (χ1n) is 7.68. The highest BCUT2D eigenvalue weighted by molar-refractivity contribution is 5.92. The molecule has 0 atom stereocenters. The van der Waals surface area contributed by atoms with Gasteiger partial charge in [-0.2, -0.15) is 0 Å². The van der Waals surface area contributed by atoms with E-state index in [0.29, 0.717) is 11.1 Å². The summed E-state index contributed by atoms with van der Waals surface area (Å²) in [6, 6.07) is 13.7. The molecule has 0 aliphatic carbocycles. The van der Waals surface area contributed by atoms with E-state index in [4.69, 9.17) is 4.74 Å². The van der Waals surface area contributed by atoms with Crippen molar-refractivity contribution in [1.82, 2.24) is 5.32 Å². The van der Waals surface area contributed by atoms with E-state index in [1.54, 1.807) is 49.4 Å². The lowest BCUT2D eigenvalue weighted by Crippen LogP contribution is -2.28. The van der Waals surface area contributed by atoms with Gasteiger partial charge < -0.3 is 14.8 Å². The van der Waals surface area contributed by atoms with Crippen LogP contribution < -0.4 is 5.32 Å². The number of nitrogens with one attached hydrogen (secondary N) is 1. The van der Waals surface area contributed by atoms with Gasteiger partial charge in [-0.05, 0) is 36.2 Å². The number of aryl methyl sites for hydroxylation is 1. The van der Waals surface area contributed by atoms with Crippen LogP contribution in [0, 0.1) is 6.92 Å². The lowest BCUT2D eigenvalue weighted by molar-refractivity contribution is -0.124.